The van der Waals surface area contributed by atoms with Crippen LogP contribution in [-0.4, -0.2) is 62.2 Å². The summed E-state index contributed by atoms with van der Waals surface area (Å²) in [5.74, 6) is -0.0328. The highest BCUT2D eigenvalue weighted by molar-refractivity contribution is 7.89. The molecular weight excluding hydrogens is 456 g/mol. The Morgan fingerprint density at radius 2 is 1.71 bits per heavy atom. The Labute approximate surface area is 200 Å². The van der Waals surface area contributed by atoms with Gasteiger partial charge in [0, 0.05) is 31.1 Å². The molecule has 0 radical (unpaired) electrons. The minimum absolute atomic E-state index is 0.00286. The minimum atomic E-state index is -3.69. The average Bonchev–Trinajstić information content (AvgIpc) is 3.39. The fraction of sp³-hybridized carbons (Fsp3) is 0.500. The fourth-order valence-electron chi connectivity index (χ4n) is 4.76. The first kappa shape index (κ1) is 24.4. The molecule has 10 heteroatoms. The number of carbonyl (C=O) groups excluding carboxylic acids is 2. The van der Waals surface area contributed by atoms with Crippen molar-refractivity contribution in [2.24, 2.45) is 11.7 Å². The van der Waals surface area contributed by atoms with Crippen molar-refractivity contribution in [2.45, 2.75) is 43.0 Å². The molecule has 2 aliphatic rings. The number of hydrogen-bond acceptors (Lipinski definition) is 6. The van der Waals surface area contributed by atoms with E-state index >= 15 is 0 Å². The van der Waals surface area contributed by atoms with Crippen LogP contribution in [0.3, 0.4) is 0 Å². The van der Waals surface area contributed by atoms with Crippen LogP contribution in [0.1, 0.15) is 54.3 Å². The number of furan rings is 1. The quantitative estimate of drug-likeness (QED) is 0.586. The second-order valence-electron chi connectivity index (χ2n) is 8.94. The highest BCUT2D eigenvalue weighted by Gasteiger charge is 2.33. The summed E-state index contributed by atoms with van der Waals surface area (Å²) in [5, 5.41) is 3.09. The van der Waals surface area contributed by atoms with Crippen molar-refractivity contribution < 1.29 is 22.4 Å². The number of sulfonamides is 1. The molecule has 4 rings (SSSR count). The number of likely N-dealkylation sites (tertiary alicyclic amines) is 1. The van der Waals surface area contributed by atoms with Crippen LogP contribution < -0.4 is 11.1 Å². The molecule has 0 saturated carbocycles. The maximum atomic E-state index is 13.0. The third-order valence-corrected chi connectivity index (χ3v) is 8.69. The van der Waals surface area contributed by atoms with Gasteiger partial charge in [-0.2, -0.15) is 4.31 Å². The second-order valence-corrected chi connectivity index (χ2v) is 10.9. The highest BCUT2D eigenvalue weighted by Crippen LogP contribution is 2.26. The number of primary amides is 1. The fourth-order valence-corrected chi connectivity index (χ4v) is 6.23. The molecule has 3 heterocycles. The first-order chi connectivity index (χ1) is 16.4. The lowest BCUT2D eigenvalue weighted by atomic mass is 9.97. The number of nitrogens with one attached hydrogen (secondary N) is 1. The minimum Gasteiger partial charge on any atom is -0.468 e. The van der Waals surface area contributed by atoms with Gasteiger partial charge in [0.2, 0.25) is 21.8 Å². The first-order valence-corrected chi connectivity index (χ1v) is 13.3. The van der Waals surface area contributed by atoms with Gasteiger partial charge in [-0.15, -0.1) is 0 Å². The number of nitrogens with zero attached hydrogens (tertiary/aromatic N) is 2. The normalized spacial score (nSPS) is 19.5. The van der Waals surface area contributed by atoms with E-state index in [4.69, 9.17) is 10.2 Å². The largest absolute Gasteiger partial charge is 0.468 e. The lowest BCUT2D eigenvalue weighted by Gasteiger charge is -2.34. The van der Waals surface area contributed by atoms with E-state index in [1.807, 2.05) is 12.1 Å². The summed E-state index contributed by atoms with van der Waals surface area (Å²) < 4.78 is 33.0. The predicted octanol–water partition coefficient (Wildman–Crippen LogP) is 2.12. The van der Waals surface area contributed by atoms with Crippen LogP contribution in [-0.2, 0) is 14.8 Å². The van der Waals surface area contributed by atoms with Crippen molar-refractivity contribution in [3.8, 4) is 0 Å². The molecule has 1 aromatic heterocycles. The van der Waals surface area contributed by atoms with Gasteiger partial charge < -0.3 is 15.5 Å². The molecule has 0 unspecified atom stereocenters. The van der Waals surface area contributed by atoms with Crippen LogP contribution in [0.5, 0.6) is 0 Å². The molecule has 9 nitrogen and oxygen atoms in total. The van der Waals surface area contributed by atoms with Gasteiger partial charge in [0.25, 0.3) is 0 Å². The number of nitrogens with two attached hydrogens (primary N) is 1. The summed E-state index contributed by atoms with van der Waals surface area (Å²) in [5.41, 5.74) is 5.48. The molecule has 1 atom stereocenters. The predicted molar refractivity (Wildman–Crippen MR) is 126 cm³/mol. The third kappa shape index (κ3) is 5.51. The molecule has 3 N–H and O–H groups in total. The molecule has 2 saturated heterocycles. The van der Waals surface area contributed by atoms with Crippen molar-refractivity contribution >= 4 is 21.8 Å². The van der Waals surface area contributed by atoms with E-state index in [0.717, 1.165) is 31.7 Å². The van der Waals surface area contributed by atoms with Gasteiger partial charge in [0.15, 0.2) is 0 Å². The van der Waals surface area contributed by atoms with Gasteiger partial charge in [-0.25, -0.2) is 8.42 Å². The van der Waals surface area contributed by atoms with E-state index in [1.54, 1.807) is 6.26 Å². The van der Waals surface area contributed by atoms with Crippen molar-refractivity contribution in [3.63, 3.8) is 0 Å². The Morgan fingerprint density at radius 3 is 2.29 bits per heavy atom. The molecule has 2 aliphatic heterocycles. The summed E-state index contributed by atoms with van der Waals surface area (Å²) >= 11 is 0. The van der Waals surface area contributed by atoms with E-state index in [2.05, 4.69) is 10.2 Å². The van der Waals surface area contributed by atoms with Gasteiger partial charge in [-0.05, 0) is 75.2 Å². The van der Waals surface area contributed by atoms with Crippen molar-refractivity contribution in [1.29, 1.82) is 0 Å². The molecule has 0 aliphatic carbocycles. The SMILES string of the molecule is NC(=O)c1ccc(S(=O)(=O)N2CCC(C(=O)NC[C@H](c3ccco3)N3CCCCC3)CC2)cc1. The van der Waals surface area contributed by atoms with Crippen LogP contribution in [0.15, 0.2) is 52.0 Å². The van der Waals surface area contributed by atoms with E-state index in [9.17, 15) is 18.0 Å². The zero-order chi connectivity index (χ0) is 24.1. The summed E-state index contributed by atoms with van der Waals surface area (Å²) in [4.78, 5) is 26.6. The summed E-state index contributed by atoms with van der Waals surface area (Å²) in [6, 6.07) is 9.42. The molecule has 1 aromatic carbocycles. The Balaban J connectivity index is 1.32. The molecule has 0 spiro atoms. The van der Waals surface area contributed by atoms with Crippen molar-refractivity contribution in [3.05, 3.63) is 54.0 Å². The Hall–Kier alpha value is -2.69. The number of amides is 2. The van der Waals surface area contributed by atoms with Crippen LogP contribution in [0.4, 0.5) is 0 Å². The maximum Gasteiger partial charge on any atom is 0.248 e. The monoisotopic (exact) mass is 488 g/mol. The van der Waals surface area contributed by atoms with Gasteiger partial charge in [-0.1, -0.05) is 6.42 Å². The molecule has 2 aromatic rings. The lowest BCUT2D eigenvalue weighted by Crippen LogP contribution is -2.45. The average molecular weight is 489 g/mol. The van der Waals surface area contributed by atoms with E-state index < -0.39 is 15.9 Å². The number of piperidine rings is 2. The molecular formula is C24H32N4O5S. The maximum absolute atomic E-state index is 13.0. The molecule has 2 amide bonds. The number of rotatable bonds is 8. The van der Waals surface area contributed by atoms with Crippen LogP contribution in [0, 0.1) is 5.92 Å². The zero-order valence-electron chi connectivity index (χ0n) is 19.2. The Morgan fingerprint density at radius 1 is 1.03 bits per heavy atom. The number of carbonyl (C=O) groups is 2. The Bertz CT molecular complexity index is 1070. The summed E-state index contributed by atoms with van der Waals surface area (Å²) in [7, 11) is -3.69. The molecule has 184 valence electrons. The smallest absolute Gasteiger partial charge is 0.248 e. The van der Waals surface area contributed by atoms with Gasteiger partial charge in [0.1, 0.15) is 5.76 Å². The third-order valence-electron chi connectivity index (χ3n) is 6.77. The molecule has 2 fully saturated rings. The summed E-state index contributed by atoms with van der Waals surface area (Å²) in [6.07, 6.45) is 6.09. The highest BCUT2D eigenvalue weighted by atomic mass is 32.2. The van der Waals surface area contributed by atoms with Crippen LogP contribution in [0.25, 0.3) is 0 Å². The first-order valence-electron chi connectivity index (χ1n) is 11.8. The van der Waals surface area contributed by atoms with Gasteiger partial charge in [-0.3, -0.25) is 14.5 Å². The molecule has 34 heavy (non-hydrogen) atoms. The lowest BCUT2D eigenvalue weighted by molar-refractivity contribution is -0.126. The number of hydrogen-bond donors (Lipinski definition) is 2. The van der Waals surface area contributed by atoms with Gasteiger partial charge in [0.05, 0.1) is 17.2 Å². The second kappa shape index (κ2) is 10.7. The molecule has 0 bridgehead atoms. The summed E-state index contributed by atoms with van der Waals surface area (Å²) in [6.45, 7) is 2.98. The zero-order valence-corrected chi connectivity index (χ0v) is 20.0. The van der Waals surface area contributed by atoms with Gasteiger partial charge >= 0.3 is 0 Å². The number of benzene rings is 1. The van der Waals surface area contributed by atoms with E-state index in [0.29, 0.717) is 19.4 Å². The standard InChI is InChI=1S/C24H32N4O5S/c25-23(29)18-6-8-20(9-7-18)34(31,32)28-14-10-19(11-15-28)24(30)26-17-21(22-5-4-16-33-22)27-12-2-1-3-13-27/h4-9,16,19,21H,1-3,10-15,17H2,(H2,25,29)(H,26,30)/t21-/m1/s1. The van der Waals surface area contributed by atoms with E-state index in [-0.39, 0.29) is 41.4 Å². The Kier molecular flexibility index (Phi) is 7.70. The van der Waals surface area contributed by atoms with Crippen molar-refractivity contribution in [1.82, 2.24) is 14.5 Å². The van der Waals surface area contributed by atoms with E-state index in [1.165, 1.54) is 35.0 Å². The van der Waals surface area contributed by atoms with Crippen LogP contribution in [0.2, 0.25) is 0 Å². The topological polar surface area (TPSA) is 126 Å². The van der Waals surface area contributed by atoms with Crippen LogP contribution >= 0.6 is 0 Å². The van der Waals surface area contributed by atoms with Crippen molar-refractivity contribution in [2.75, 3.05) is 32.7 Å².